The molecule has 0 radical (unpaired) electrons. The smallest absolute Gasteiger partial charge is 0.136 e. The Hall–Kier alpha value is -0.330. The van der Waals surface area contributed by atoms with Crippen LogP contribution in [0, 0.1) is 52.3 Å². The molecule has 1 nitrogen and oxygen atoms in total. The topological polar surface area (TPSA) is 17.1 Å². The van der Waals surface area contributed by atoms with Crippen LogP contribution in [0.1, 0.15) is 112 Å². The van der Waals surface area contributed by atoms with Crippen LogP contribution in [0.4, 0.5) is 0 Å². The molecule has 8 atom stereocenters. The SMILES string of the molecule is CC(C)CCCC(C)C1CCC2C3CC(=O)C4CCCCC4(C)C3CCC12C. The second-order valence-corrected chi connectivity index (χ2v) is 12.4. The molecule has 4 rings (SSSR count). The second-order valence-electron chi connectivity index (χ2n) is 12.4. The van der Waals surface area contributed by atoms with E-state index in [9.17, 15) is 4.79 Å². The van der Waals surface area contributed by atoms with Gasteiger partial charge < -0.3 is 0 Å². The molecule has 1 heteroatoms. The third-order valence-electron chi connectivity index (χ3n) is 10.6. The highest BCUT2D eigenvalue weighted by atomic mass is 16.1. The molecule has 0 amide bonds. The van der Waals surface area contributed by atoms with Crippen molar-refractivity contribution in [2.75, 3.05) is 0 Å². The zero-order valence-corrected chi connectivity index (χ0v) is 19.4. The first-order valence-corrected chi connectivity index (χ1v) is 12.8. The van der Waals surface area contributed by atoms with Crippen LogP contribution in [-0.4, -0.2) is 5.78 Å². The Labute approximate surface area is 174 Å². The van der Waals surface area contributed by atoms with Crippen LogP contribution in [0.2, 0.25) is 0 Å². The number of carbonyl (C=O) groups excluding carboxylic acids is 1. The van der Waals surface area contributed by atoms with Crippen molar-refractivity contribution < 1.29 is 4.79 Å². The molecule has 4 aliphatic carbocycles. The zero-order chi connectivity index (χ0) is 20.1. The molecular formula is C27H46O. The summed E-state index contributed by atoms with van der Waals surface area (Å²) in [5, 5.41) is 0. The highest BCUT2D eigenvalue weighted by Crippen LogP contribution is 2.67. The fraction of sp³-hybridized carbons (Fsp3) is 0.963. The van der Waals surface area contributed by atoms with E-state index in [1.165, 1.54) is 70.6 Å². The third-order valence-corrected chi connectivity index (χ3v) is 10.6. The Balaban J connectivity index is 1.50. The van der Waals surface area contributed by atoms with Gasteiger partial charge in [-0.1, -0.05) is 66.7 Å². The molecule has 0 aromatic rings. The number of ketones is 1. The van der Waals surface area contributed by atoms with Gasteiger partial charge >= 0.3 is 0 Å². The van der Waals surface area contributed by atoms with E-state index in [4.69, 9.17) is 0 Å². The van der Waals surface area contributed by atoms with Crippen LogP contribution in [-0.2, 0) is 4.79 Å². The minimum absolute atomic E-state index is 0.334. The molecule has 4 aliphatic rings. The lowest BCUT2D eigenvalue weighted by Crippen LogP contribution is -2.56. The van der Waals surface area contributed by atoms with Gasteiger partial charge in [0.25, 0.3) is 0 Å². The molecule has 0 aromatic heterocycles. The number of hydrogen-bond acceptors (Lipinski definition) is 1. The van der Waals surface area contributed by atoms with Gasteiger partial charge in [-0.25, -0.2) is 0 Å². The molecule has 160 valence electrons. The van der Waals surface area contributed by atoms with E-state index in [0.29, 0.717) is 28.4 Å². The molecule has 4 fully saturated rings. The summed E-state index contributed by atoms with van der Waals surface area (Å²) in [6.07, 6.45) is 16.0. The summed E-state index contributed by atoms with van der Waals surface area (Å²) in [6, 6.07) is 0. The van der Waals surface area contributed by atoms with Crippen molar-refractivity contribution in [2.24, 2.45) is 52.3 Å². The predicted octanol–water partition coefficient (Wildman–Crippen LogP) is 7.68. The predicted molar refractivity (Wildman–Crippen MR) is 118 cm³/mol. The van der Waals surface area contributed by atoms with Crippen LogP contribution in [0.5, 0.6) is 0 Å². The fourth-order valence-corrected chi connectivity index (χ4v) is 9.12. The van der Waals surface area contributed by atoms with Crippen molar-refractivity contribution in [3.63, 3.8) is 0 Å². The van der Waals surface area contributed by atoms with E-state index in [-0.39, 0.29) is 0 Å². The minimum atomic E-state index is 0.334. The lowest BCUT2D eigenvalue weighted by Gasteiger charge is -2.60. The normalized spacial score (nSPS) is 46.8. The standard InChI is InChI=1S/C27H46O/c1-18(2)9-8-10-19(3)21-12-13-22-20-17-25(28)24-11-6-7-15-26(24,4)23(20)14-16-27(21,22)5/h18-24H,6-17H2,1-5H3. The minimum Gasteiger partial charge on any atom is -0.299 e. The maximum atomic E-state index is 13.2. The second kappa shape index (κ2) is 7.73. The molecule has 0 heterocycles. The van der Waals surface area contributed by atoms with Crippen molar-refractivity contribution in [3.05, 3.63) is 0 Å². The molecule has 0 aromatic carbocycles. The summed E-state index contributed by atoms with van der Waals surface area (Å²) < 4.78 is 0. The lowest BCUT2D eigenvalue weighted by molar-refractivity contribution is -0.154. The lowest BCUT2D eigenvalue weighted by atomic mass is 9.44. The maximum absolute atomic E-state index is 13.2. The average Bonchev–Trinajstić information content (AvgIpc) is 2.99. The molecule has 0 N–H and O–H groups in total. The summed E-state index contributed by atoms with van der Waals surface area (Å²) in [7, 11) is 0. The van der Waals surface area contributed by atoms with Gasteiger partial charge in [-0.05, 0) is 84.9 Å². The Bertz CT molecular complexity index is 579. The van der Waals surface area contributed by atoms with Crippen LogP contribution < -0.4 is 0 Å². The Morgan fingerprint density at radius 3 is 2.39 bits per heavy atom. The highest BCUT2D eigenvalue weighted by molar-refractivity contribution is 5.83. The Morgan fingerprint density at radius 1 is 0.893 bits per heavy atom. The Kier molecular flexibility index (Phi) is 5.78. The average molecular weight is 387 g/mol. The first-order valence-electron chi connectivity index (χ1n) is 12.8. The number of carbonyl (C=O) groups is 1. The van der Waals surface area contributed by atoms with Crippen molar-refractivity contribution in [1.82, 2.24) is 0 Å². The number of fused-ring (bicyclic) bond motifs is 5. The van der Waals surface area contributed by atoms with Gasteiger partial charge in [0, 0.05) is 12.3 Å². The Morgan fingerprint density at radius 2 is 1.64 bits per heavy atom. The largest absolute Gasteiger partial charge is 0.299 e. The van der Waals surface area contributed by atoms with E-state index in [1.54, 1.807) is 0 Å². The highest BCUT2D eigenvalue weighted by Gasteiger charge is 2.61. The van der Waals surface area contributed by atoms with Gasteiger partial charge in [0.15, 0.2) is 0 Å². The molecule has 28 heavy (non-hydrogen) atoms. The first-order chi connectivity index (χ1) is 13.3. The van der Waals surface area contributed by atoms with E-state index < -0.39 is 0 Å². The quantitative estimate of drug-likeness (QED) is 0.473. The first kappa shape index (κ1) is 20.9. The monoisotopic (exact) mass is 386 g/mol. The van der Waals surface area contributed by atoms with Crippen molar-refractivity contribution in [3.8, 4) is 0 Å². The molecule has 4 saturated carbocycles. The summed E-state index contributed by atoms with van der Waals surface area (Å²) in [5.74, 6) is 6.03. The van der Waals surface area contributed by atoms with Gasteiger partial charge in [0.2, 0.25) is 0 Å². The van der Waals surface area contributed by atoms with E-state index in [0.717, 1.165) is 36.0 Å². The molecule has 0 spiro atoms. The number of Topliss-reactive ketones (excluding diaryl/α,β-unsaturated/α-hetero) is 1. The van der Waals surface area contributed by atoms with Crippen molar-refractivity contribution in [1.29, 1.82) is 0 Å². The summed E-state index contributed by atoms with van der Waals surface area (Å²) in [4.78, 5) is 13.2. The van der Waals surface area contributed by atoms with Crippen LogP contribution in [0.25, 0.3) is 0 Å². The van der Waals surface area contributed by atoms with Crippen molar-refractivity contribution >= 4 is 5.78 Å². The maximum Gasteiger partial charge on any atom is 0.136 e. The van der Waals surface area contributed by atoms with Gasteiger partial charge in [0.05, 0.1) is 0 Å². The molecule has 8 unspecified atom stereocenters. The van der Waals surface area contributed by atoms with E-state index >= 15 is 0 Å². The van der Waals surface area contributed by atoms with Gasteiger partial charge in [-0.2, -0.15) is 0 Å². The number of hydrogen-bond donors (Lipinski definition) is 0. The molecule has 0 aliphatic heterocycles. The van der Waals surface area contributed by atoms with Crippen LogP contribution in [0.3, 0.4) is 0 Å². The summed E-state index contributed by atoms with van der Waals surface area (Å²) >= 11 is 0. The summed E-state index contributed by atoms with van der Waals surface area (Å²) in [5.41, 5.74) is 0.844. The molecule has 0 bridgehead atoms. The third kappa shape index (κ3) is 3.31. The molecule has 0 saturated heterocycles. The number of rotatable bonds is 5. The van der Waals surface area contributed by atoms with Gasteiger partial charge in [-0.3, -0.25) is 4.79 Å². The van der Waals surface area contributed by atoms with Gasteiger partial charge in [-0.15, -0.1) is 0 Å². The zero-order valence-electron chi connectivity index (χ0n) is 19.4. The van der Waals surface area contributed by atoms with E-state index in [2.05, 4.69) is 34.6 Å². The fourth-order valence-electron chi connectivity index (χ4n) is 9.12. The van der Waals surface area contributed by atoms with Gasteiger partial charge in [0.1, 0.15) is 5.78 Å². The van der Waals surface area contributed by atoms with Crippen LogP contribution >= 0.6 is 0 Å². The van der Waals surface area contributed by atoms with E-state index in [1.807, 2.05) is 0 Å². The van der Waals surface area contributed by atoms with Crippen molar-refractivity contribution in [2.45, 2.75) is 112 Å². The summed E-state index contributed by atoms with van der Waals surface area (Å²) in [6.45, 7) is 12.4. The van der Waals surface area contributed by atoms with Crippen LogP contribution in [0.15, 0.2) is 0 Å². The molecular weight excluding hydrogens is 340 g/mol.